The van der Waals surface area contributed by atoms with Gasteiger partial charge in [0.15, 0.2) is 17.8 Å². The average Bonchev–Trinajstić information content (AvgIpc) is 3.02. The van der Waals surface area contributed by atoms with E-state index in [-0.39, 0.29) is 17.3 Å². The van der Waals surface area contributed by atoms with Gasteiger partial charge in [-0.3, -0.25) is 0 Å². The molecular weight excluding hydrogens is 359 g/mol. The van der Waals surface area contributed by atoms with Crippen LogP contribution in [0.25, 0.3) is 11.4 Å². The fourth-order valence-electron chi connectivity index (χ4n) is 2.63. The molecule has 2 heterocycles. The number of nitriles is 1. The first-order valence-electron chi connectivity index (χ1n) is 7.90. The number of ether oxygens (including phenoxy) is 1. The predicted molar refractivity (Wildman–Crippen MR) is 89.4 cm³/mol. The van der Waals surface area contributed by atoms with Gasteiger partial charge < -0.3 is 9.30 Å². The Morgan fingerprint density at radius 2 is 1.93 bits per heavy atom. The smallest absolute Gasteiger partial charge is 0.417 e. The molecule has 0 saturated heterocycles. The summed E-state index contributed by atoms with van der Waals surface area (Å²) in [5, 5.41) is 16.8. The van der Waals surface area contributed by atoms with Crippen molar-refractivity contribution in [1.82, 2.24) is 19.7 Å². The van der Waals surface area contributed by atoms with Gasteiger partial charge in [0.1, 0.15) is 0 Å². The van der Waals surface area contributed by atoms with Crippen LogP contribution in [-0.4, -0.2) is 19.7 Å². The van der Waals surface area contributed by atoms with Gasteiger partial charge >= 0.3 is 6.18 Å². The van der Waals surface area contributed by atoms with Crippen molar-refractivity contribution >= 4 is 0 Å². The highest BCUT2D eigenvalue weighted by atomic mass is 19.4. The fraction of sp³-hybridized carbons (Fsp3) is 0.222. The Kier molecular flexibility index (Phi) is 4.81. The maximum atomic E-state index is 13.3. The molecule has 0 unspecified atom stereocenters. The Balaban J connectivity index is 1.93. The van der Waals surface area contributed by atoms with Crippen molar-refractivity contribution in [1.29, 1.82) is 5.26 Å². The van der Waals surface area contributed by atoms with Crippen LogP contribution in [-0.2, 0) is 13.2 Å². The van der Waals surface area contributed by atoms with E-state index in [0.717, 1.165) is 6.07 Å². The standard InChI is InChI=1S/C18H14F3N5O/c1-11(27-15-9-12(10-22)7-8-23-15)16-24-25-17(26(16)2)13-5-3-4-6-14(13)18(19,20)21/h3-9,11H,1-2H3/t11-/m0/s1. The van der Waals surface area contributed by atoms with Crippen molar-refractivity contribution in [2.75, 3.05) is 0 Å². The SMILES string of the molecule is C[C@H](Oc1cc(C#N)ccn1)c1nnc(-c2ccccc2C(F)(F)F)n1C. The first-order valence-corrected chi connectivity index (χ1v) is 7.90. The number of aromatic nitrogens is 4. The maximum Gasteiger partial charge on any atom is 0.417 e. The molecule has 9 heteroatoms. The lowest BCUT2D eigenvalue weighted by Gasteiger charge is -2.15. The highest BCUT2D eigenvalue weighted by Crippen LogP contribution is 2.36. The second-order valence-corrected chi connectivity index (χ2v) is 5.74. The number of nitrogens with zero attached hydrogens (tertiary/aromatic N) is 5. The molecule has 0 aliphatic heterocycles. The van der Waals surface area contributed by atoms with Crippen LogP contribution in [0.3, 0.4) is 0 Å². The number of pyridine rings is 1. The molecule has 0 aliphatic rings. The molecule has 138 valence electrons. The third-order valence-electron chi connectivity index (χ3n) is 3.91. The summed E-state index contributed by atoms with van der Waals surface area (Å²) in [4.78, 5) is 4.01. The van der Waals surface area contributed by atoms with Crippen LogP contribution in [0.4, 0.5) is 13.2 Å². The molecule has 0 amide bonds. The second kappa shape index (κ2) is 7.07. The van der Waals surface area contributed by atoms with E-state index in [1.54, 1.807) is 14.0 Å². The fourth-order valence-corrected chi connectivity index (χ4v) is 2.63. The van der Waals surface area contributed by atoms with Crippen LogP contribution in [0.15, 0.2) is 42.6 Å². The van der Waals surface area contributed by atoms with E-state index in [9.17, 15) is 13.2 Å². The van der Waals surface area contributed by atoms with Gasteiger partial charge in [0, 0.05) is 24.9 Å². The molecule has 0 spiro atoms. The molecule has 1 atom stereocenters. The summed E-state index contributed by atoms with van der Waals surface area (Å²) in [6, 6.07) is 10.2. The second-order valence-electron chi connectivity index (χ2n) is 5.74. The quantitative estimate of drug-likeness (QED) is 0.693. The minimum Gasteiger partial charge on any atom is -0.466 e. The number of rotatable bonds is 4. The molecule has 0 saturated carbocycles. The molecule has 0 radical (unpaired) electrons. The van der Waals surface area contributed by atoms with Gasteiger partial charge in [-0.15, -0.1) is 10.2 Å². The van der Waals surface area contributed by atoms with Gasteiger partial charge in [-0.25, -0.2) is 4.98 Å². The van der Waals surface area contributed by atoms with E-state index in [1.807, 2.05) is 6.07 Å². The molecule has 0 fully saturated rings. The minimum atomic E-state index is -4.51. The Morgan fingerprint density at radius 1 is 1.19 bits per heavy atom. The van der Waals surface area contributed by atoms with Crippen LogP contribution in [0.5, 0.6) is 5.88 Å². The third kappa shape index (κ3) is 3.74. The first kappa shape index (κ1) is 18.4. The number of halogens is 3. The summed E-state index contributed by atoms with van der Waals surface area (Å²) in [5.41, 5.74) is -0.475. The zero-order valence-electron chi connectivity index (χ0n) is 14.4. The Hall–Kier alpha value is -3.41. The van der Waals surface area contributed by atoms with E-state index in [0.29, 0.717) is 11.4 Å². The lowest BCUT2D eigenvalue weighted by Crippen LogP contribution is -2.12. The summed E-state index contributed by atoms with van der Waals surface area (Å²) in [6.07, 6.45) is -3.72. The number of hydrogen-bond acceptors (Lipinski definition) is 5. The normalized spacial score (nSPS) is 12.4. The van der Waals surface area contributed by atoms with E-state index < -0.39 is 17.8 Å². The molecule has 3 aromatic rings. The highest BCUT2D eigenvalue weighted by molar-refractivity contribution is 5.61. The van der Waals surface area contributed by atoms with Crippen LogP contribution in [0.1, 0.15) is 30.0 Å². The van der Waals surface area contributed by atoms with Gasteiger partial charge in [-0.2, -0.15) is 18.4 Å². The lowest BCUT2D eigenvalue weighted by atomic mass is 10.1. The number of alkyl halides is 3. The van der Waals surface area contributed by atoms with Crippen molar-refractivity contribution < 1.29 is 17.9 Å². The molecule has 0 aliphatic carbocycles. The van der Waals surface area contributed by atoms with Crippen molar-refractivity contribution in [2.24, 2.45) is 7.05 Å². The van der Waals surface area contributed by atoms with Crippen molar-refractivity contribution in [3.05, 3.63) is 59.5 Å². The van der Waals surface area contributed by atoms with Gasteiger partial charge in [0.2, 0.25) is 5.88 Å². The summed E-state index contributed by atoms with van der Waals surface area (Å²) in [7, 11) is 1.57. The molecule has 1 aromatic carbocycles. The van der Waals surface area contributed by atoms with E-state index in [1.165, 1.54) is 41.1 Å². The molecule has 3 rings (SSSR count). The van der Waals surface area contributed by atoms with Crippen LogP contribution in [0, 0.1) is 11.3 Å². The summed E-state index contributed by atoms with van der Waals surface area (Å²) in [5.74, 6) is 0.611. The van der Waals surface area contributed by atoms with Gasteiger partial charge in [0.05, 0.1) is 17.2 Å². The first-order chi connectivity index (χ1) is 12.8. The Bertz CT molecular complexity index is 1010. The van der Waals surface area contributed by atoms with Gasteiger partial charge in [-0.05, 0) is 19.1 Å². The predicted octanol–water partition coefficient (Wildman–Crippen LogP) is 3.91. The molecular formula is C18H14F3N5O. The molecule has 6 nitrogen and oxygen atoms in total. The lowest BCUT2D eigenvalue weighted by molar-refractivity contribution is -0.137. The van der Waals surface area contributed by atoms with Gasteiger partial charge in [0.25, 0.3) is 0 Å². The monoisotopic (exact) mass is 373 g/mol. The number of benzene rings is 1. The largest absolute Gasteiger partial charge is 0.466 e. The molecule has 0 N–H and O–H groups in total. The van der Waals surface area contributed by atoms with E-state index in [2.05, 4.69) is 15.2 Å². The zero-order chi connectivity index (χ0) is 19.6. The minimum absolute atomic E-state index is 0.0666. The molecule has 27 heavy (non-hydrogen) atoms. The van der Waals surface area contributed by atoms with Crippen molar-refractivity contribution in [3.63, 3.8) is 0 Å². The maximum absolute atomic E-state index is 13.3. The highest BCUT2D eigenvalue weighted by Gasteiger charge is 2.34. The van der Waals surface area contributed by atoms with Crippen LogP contribution < -0.4 is 4.74 Å². The van der Waals surface area contributed by atoms with Gasteiger partial charge in [-0.1, -0.05) is 18.2 Å². The zero-order valence-corrected chi connectivity index (χ0v) is 14.4. The third-order valence-corrected chi connectivity index (χ3v) is 3.91. The molecule has 2 aromatic heterocycles. The van der Waals surface area contributed by atoms with Crippen molar-refractivity contribution in [3.8, 4) is 23.3 Å². The topological polar surface area (TPSA) is 76.6 Å². The summed E-state index contributed by atoms with van der Waals surface area (Å²) >= 11 is 0. The van der Waals surface area contributed by atoms with Crippen LogP contribution >= 0.6 is 0 Å². The van der Waals surface area contributed by atoms with Crippen LogP contribution in [0.2, 0.25) is 0 Å². The average molecular weight is 373 g/mol. The van der Waals surface area contributed by atoms with E-state index in [4.69, 9.17) is 10.00 Å². The van der Waals surface area contributed by atoms with E-state index >= 15 is 0 Å². The molecule has 0 bridgehead atoms. The summed E-state index contributed by atoms with van der Waals surface area (Å²) < 4.78 is 46.9. The van der Waals surface area contributed by atoms with Crippen molar-refractivity contribution in [2.45, 2.75) is 19.2 Å². The number of hydrogen-bond donors (Lipinski definition) is 0. The Labute approximate surface area is 152 Å². The Morgan fingerprint density at radius 3 is 2.63 bits per heavy atom. The summed E-state index contributed by atoms with van der Waals surface area (Å²) in [6.45, 7) is 1.67.